The third-order valence-corrected chi connectivity index (χ3v) is 2.32. The first-order valence-electron chi connectivity index (χ1n) is 4.85. The van der Waals surface area contributed by atoms with Gasteiger partial charge in [-0.2, -0.15) is 35.9 Å². The molecule has 1 radical (unpaired) electrons. The van der Waals surface area contributed by atoms with Gasteiger partial charge >= 0.3 is 0 Å². The van der Waals surface area contributed by atoms with E-state index in [9.17, 15) is 0 Å². The maximum Gasteiger partial charge on any atom is 0 e. The Labute approximate surface area is 124 Å². The summed E-state index contributed by atoms with van der Waals surface area (Å²) in [5.74, 6) is 0. The van der Waals surface area contributed by atoms with Crippen LogP contribution in [0.25, 0.3) is 0 Å². The first kappa shape index (κ1) is 15.5. The van der Waals surface area contributed by atoms with Gasteiger partial charge in [-0.05, 0) is 18.9 Å². The summed E-state index contributed by atoms with van der Waals surface area (Å²) in [5, 5.41) is 0. The molecule has 0 aliphatic rings. The molecule has 0 fully saturated rings. The maximum atomic E-state index is 3.03. The van der Waals surface area contributed by atoms with E-state index in [0.717, 1.165) is 6.42 Å². The van der Waals surface area contributed by atoms with Crippen molar-refractivity contribution in [3.8, 4) is 0 Å². The van der Waals surface area contributed by atoms with Gasteiger partial charge in [-0.15, -0.1) is 0 Å². The summed E-state index contributed by atoms with van der Waals surface area (Å²) < 4.78 is 0. The number of rotatable bonds is 2. The first-order valence-corrected chi connectivity index (χ1v) is 4.85. The van der Waals surface area contributed by atoms with Crippen LogP contribution in [0.15, 0.2) is 48.5 Å². The maximum absolute atomic E-state index is 3.03. The average Bonchev–Trinajstić information content (AvgIpc) is 2.23. The molecule has 0 N–H and O–H groups in total. The number of aryl methyl sites for hydroxylation is 1. The third-order valence-electron chi connectivity index (χ3n) is 2.32. The zero-order valence-corrected chi connectivity index (χ0v) is 12.7. The molecule has 2 aromatic carbocycles. The van der Waals surface area contributed by atoms with Gasteiger partial charge in [-0.25, -0.2) is 0 Å². The Bertz CT molecular complexity index is 390. The van der Waals surface area contributed by atoms with Crippen LogP contribution in [0.2, 0.25) is 0 Å². The van der Waals surface area contributed by atoms with Gasteiger partial charge in [0.2, 0.25) is 0 Å². The van der Waals surface area contributed by atoms with Crippen molar-refractivity contribution in [3.05, 3.63) is 78.7 Å². The fourth-order valence-electron chi connectivity index (χ4n) is 1.48. The monoisotopic (exact) mass is 285 g/mol. The van der Waals surface area contributed by atoms with E-state index in [1.165, 1.54) is 16.7 Å². The number of hydrogen-bond donors (Lipinski definition) is 0. The van der Waals surface area contributed by atoms with Crippen LogP contribution in [-0.4, -0.2) is 0 Å². The molecule has 2 aromatic rings. The van der Waals surface area contributed by atoms with Crippen LogP contribution in [0.4, 0.5) is 0 Å². The topological polar surface area (TPSA) is 0 Å². The van der Waals surface area contributed by atoms with Gasteiger partial charge in [0.1, 0.15) is 0 Å². The van der Waals surface area contributed by atoms with E-state index >= 15 is 0 Å². The van der Waals surface area contributed by atoms with Crippen molar-refractivity contribution < 1.29 is 32.7 Å². The Morgan fingerprint density at radius 3 is 1.94 bits per heavy atom. The van der Waals surface area contributed by atoms with Crippen molar-refractivity contribution in [2.75, 3.05) is 0 Å². The van der Waals surface area contributed by atoms with Crippen LogP contribution in [0.1, 0.15) is 16.7 Å². The molecular formula is C15H16Y-2. The van der Waals surface area contributed by atoms with Crippen molar-refractivity contribution in [2.24, 2.45) is 0 Å². The van der Waals surface area contributed by atoms with Crippen molar-refractivity contribution in [1.82, 2.24) is 0 Å². The van der Waals surface area contributed by atoms with E-state index in [1.807, 2.05) is 12.1 Å². The first-order chi connectivity index (χ1) is 6.84. The molecule has 0 nitrogen and oxygen atoms in total. The summed E-state index contributed by atoms with van der Waals surface area (Å²) in [4.78, 5) is 0. The molecule has 0 unspecified atom stereocenters. The third kappa shape index (κ3) is 4.59. The van der Waals surface area contributed by atoms with Crippen LogP contribution in [0.3, 0.4) is 0 Å². The molecule has 0 spiro atoms. The second-order valence-corrected chi connectivity index (χ2v) is 3.57. The molecule has 1 heteroatoms. The molecule has 0 aliphatic heterocycles. The molecule has 0 aliphatic carbocycles. The number of hydrogen-bond acceptors (Lipinski definition) is 0. The summed E-state index contributed by atoms with van der Waals surface area (Å²) in [6, 6.07) is 19.9. The van der Waals surface area contributed by atoms with Crippen molar-refractivity contribution in [3.63, 3.8) is 0 Å². The van der Waals surface area contributed by atoms with Gasteiger partial charge in [-0.3, -0.25) is 0 Å². The molecule has 81 valence electrons. The Morgan fingerprint density at radius 1 is 0.875 bits per heavy atom. The minimum Gasteiger partial charge on any atom is -0.358 e. The Kier molecular flexibility index (Phi) is 7.54. The minimum absolute atomic E-state index is 0. The summed E-state index contributed by atoms with van der Waals surface area (Å²) in [5.41, 5.74) is 4.02. The van der Waals surface area contributed by atoms with E-state index < -0.39 is 0 Å². The van der Waals surface area contributed by atoms with Gasteiger partial charge in [0, 0.05) is 32.7 Å². The van der Waals surface area contributed by atoms with Crippen molar-refractivity contribution in [2.45, 2.75) is 13.3 Å². The fraction of sp³-hybridized carbons (Fsp3) is 0.133. The van der Waals surface area contributed by atoms with Crippen LogP contribution >= 0.6 is 0 Å². The Balaban J connectivity index is 0.00000112. The molecule has 2 rings (SSSR count). The SMILES string of the molecule is Cc1ccc(Cc2cc[c-]cc2)cc1.[CH3-].[Y]. The van der Waals surface area contributed by atoms with E-state index in [1.54, 1.807) is 0 Å². The van der Waals surface area contributed by atoms with E-state index in [4.69, 9.17) is 0 Å². The van der Waals surface area contributed by atoms with Gasteiger partial charge in [0.15, 0.2) is 0 Å². The second kappa shape index (κ2) is 7.76. The quantitative estimate of drug-likeness (QED) is 0.736. The zero-order chi connectivity index (χ0) is 9.80. The molecule has 16 heavy (non-hydrogen) atoms. The average molecular weight is 285 g/mol. The van der Waals surface area contributed by atoms with E-state index in [-0.39, 0.29) is 40.1 Å². The molecule has 0 heterocycles. The zero-order valence-electron chi connectivity index (χ0n) is 9.90. The van der Waals surface area contributed by atoms with Crippen LogP contribution in [0, 0.1) is 20.4 Å². The predicted octanol–water partition coefficient (Wildman–Crippen LogP) is 3.83. The van der Waals surface area contributed by atoms with Crippen LogP contribution < -0.4 is 0 Å². The van der Waals surface area contributed by atoms with E-state index in [2.05, 4.69) is 49.4 Å². The van der Waals surface area contributed by atoms with Crippen molar-refractivity contribution in [1.29, 1.82) is 0 Å². The Morgan fingerprint density at radius 2 is 1.38 bits per heavy atom. The van der Waals surface area contributed by atoms with Crippen LogP contribution in [0.5, 0.6) is 0 Å². The molecule has 0 saturated carbocycles. The summed E-state index contributed by atoms with van der Waals surface area (Å²) in [6.07, 6.45) is 1.01. The largest absolute Gasteiger partial charge is 0.358 e. The number of benzene rings is 2. The summed E-state index contributed by atoms with van der Waals surface area (Å²) >= 11 is 0. The molecular weight excluding hydrogens is 269 g/mol. The smallest absolute Gasteiger partial charge is 0 e. The van der Waals surface area contributed by atoms with Gasteiger partial charge in [0.25, 0.3) is 0 Å². The molecule has 0 amide bonds. The van der Waals surface area contributed by atoms with Gasteiger partial charge in [0.05, 0.1) is 0 Å². The normalized spacial score (nSPS) is 8.81. The van der Waals surface area contributed by atoms with Crippen LogP contribution in [-0.2, 0) is 39.1 Å². The summed E-state index contributed by atoms with van der Waals surface area (Å²) in [7, 11) is 0. The van der Waals surface area contributed by atoms with Gasteiger partial charge in [-0.1, -0.05) is 29.8 Å². The Hall–Kier alpha value is -0.456. The standard InChI is InChI=1S/C14H13.CH3.Y/c1-12-7-9-14(10-8-12)11-13-5-3-2-4-6-13;;/h3-10H,11H2,1H3;1H3;/q2*-1;. The molecule has 0 bridgehead atoms. The molecule has 0 saturated heterocycles. The minimum atomic E-state index is 0. The van der Waals surface area contributed by atoms with Crippen molar-refractivity contribution >= 4 is 0 Å². The molecule has 0 aromatic heterocycles. The van der Waals surface area contributed by atoms with E-state index in [0.29, 0.717) is 0 Å². The summed E-state index contributed by atoms with van der Waals surface area (Å²) in [6.45, 7) is 2.11. The second-order valence-electron chi connectivity index (χ2n) is 3.57. The molecule has 0 atom stereocenters. The predicted molar refractivity (Wildman–Crippen MR) is 65.7 cm³/mol. The van der Waals surface area contributed by atoms with Gasteiger partial charge < -0.3 is 7.43 Å². The fourth-order valence-corrected chi connectivity index (χ4v) is 1.48.